The van der Waals surface area contributed by atoms with Crippen molar-refractivity contribution in [3.63, 3.8) is 0 Å². The number of Topliss-reactive ketones (excluding diaryl/α,β-unsaturated/α-hetero) is 1. The summed E-state index contributed by atoms with van der Waals surface area (Å²) >= 11 is 12.5. The van der Waals surface area contributed by atoms with Crippen molar-refractivity contribution < 1.29 is 14.3 Å². The highest BCUT2D eigenvalue weighted by Gasteiger charge is 2.41. The van der Waals surface area contributed by atoms with E-state index < -0.39 is 11.9 Å². The monoisotopic (exact) mass is 469 g/mol. The summed E-state index contributed by atoms with van der Waals surface area (Å²) in [6.45, 7) is 5.46. The van der Waals surface area contributed by atoms with Gasteiger partial charge in [0, 0.05) is 29.3 Å². The number of halogens is 2. The summed E-state index contributed by atoms with van der Waals surface area (Å²) in [6.07, 6.45) is 0.790. The Morgan fingerprint density at radius 2 is 1.75 bits per heavy atom. The van der Waals surface area contributed by atoms with Crippen molar-refractivity contribution in [1.82, 2.24) is 5.32 Å². The molecule has 2 aliphatic rings. The summed E-state index contributed by atoms with van der Waals surface area (Å²) in [5.74, 6) is -0.894. The van der Waals surface area contributed by atoms with Crippen LogP contribution in [-0.2, 0) is 14.3 Å². The third-order valence-corrected chi connectivity index (χ3v) is 6.68. The van der Waals surface area contributed by atoms with Gasteiger partial charge in [-0.1, -0.05) is 59.6 Å². The van der Waals surface area contributed by atoms with Gasteiger partial charge in [0.05, 0.1) is 21.7 Å². The Balaban J connectivity index is 1.82. The predicted octanol–water partition coefficient (Wildman–Crippen LogP) is 6.31. The summed E-state index contributed by atoms with van der Waals surface area (Å²) in [7, 11) is 0. The van der Waals surface area contributed by atoms with Crippen LogP contribution in [0.3, 0.4) is 0 Å². The number of benzene rings is 2. The van der Waals surface area contributed by atoms with Crippen molar-refractivity contribution in [2.75, 3.05) is 0 Å². The standard InChI is InChI=1S/C26H25Cl2NO3/c1-14(2)32-26(31)23-15(3)29-21-12-18(16-7-5-4-6-8-16)13-22(30)25(21)24(23)17-9-10-19(27)20(28)11-17/h4-11,14,18,24,29H,12-13H2,1-3H3/t18-,24-/m1/s1. The Morgan fingerprint density at radius 3 is 2.41 bits per heavy atom. The van der Waals surface area contributed by atoms with Crippen LogP contribution in [0.15, 0.2) is 71.1 Å². The van der Waals surface area contributed by atoms with Gasteiger partial charge in [0.1, 0.15) is 0 Å². The van der Waals surface area contributed by atoms with Crippen molar-refractivity contribution in [3.05, 3.63) is 92.2 Å². The van der Waals surface area contributed by atoms with Crippen LogP contribution in [0.5, 0.6) is 0 Å². The maximum atomic E-state index is 13.5. The molecular formula is C26H25Cl2NO3. The molecule has 0 saturated heterocycles. The van der Waals surface area contributed by atoms with Gasteiger partial charge < -0.3 is 10.1 Å². The van der Waals surface area contributed by atoms with Gasteiger partial charge in [-0.2, -0.15) is 0 Å². The molecule has 0 amide bonds. The molecule has 32 heavy (non-hydrogen) atoms. The molecule has 1 N–H and O–H groups in total. The minimum Gasteiger partial charge on any atom is -0.460 e. The molecular weight excluding hydrogens is 445 g/mol. The van der Waals surface area contributed by atoms with Crippen LogP contribution in [0.2, 0.25) is 10.0 Å². The molecule has 0 fully saturated rings. The van der Waals surface area contributed by atoms with Crippen LogP contribution in [-0.4, -0.2) is 17.9 Å². The number of allylic oxidation sites excluding steroid dienone is 3. The number of dihydropyridines is 1. The molecule has 0 aromatic heterocycles. The van der Waals surface area contributed by atoms with Gasteiger partial charge >= 0.3 is 5.97 Å². The maximum Gasteiger partial charge on any atom is 0.337 e. The summed E-state index contributed by atoms with van der Waals surface area (Å²) in [6, 6.07) is 15.3. The van der Waals surface area contributed by atoms with Crippen LogP contribution in [0.4, 0.5) is 0 Å². The Labute approximate surface area is 198 Å². The second-order valence-electron chi connectivity index (χ2n) is 8.56. The van der Waals surface area contributed by atoms with E-state index in [0.717, 1.165) is 16.8 Å². The summed E-state index contributed by atoms with van der Waals surface area (Å²) in [4.78, 5) is 26.6. The minimum absolute atomic E-state index is 0.0195. The lowest BCUT2D eigenvalue weighted by Crippen LogP contribution is -2.36. The number of ketones is 1. The van der Waals surface area contributed by atoms with E-state index in [1.54, 1.807) is 26.0 Å². The lowest BCUT2D eigenvalue weighted by atomic mass is 9.72. The zero-order chi connectivity index (χ0) is 23.0. The van der Waals surface area contributed by atoms with Gasteiger partial charge in [0.25, 0.3) is 0 Å². The van der Waals surface area contributed by atoms with Crippen LogP contribution in [0.25, 0.3) is 0 Å². The van der Waals surface area contributed by atoms with Gasteiger partial charge in [0.15, 0.2) is 5.78 Å². The SMILES string of the molecule is CC1=C(C(=O)OC(C)C)[C@@H](c2ccc(Cl)c(Cl)c2)C2=C(C[C@@H](c3ccccc3)CC2=O)N1. The number of esters is 1. The zero-order valence-corrected chi connectivity index (χ0v) is 19.8. The van der Waals surface area contributed by atoms with Crippen LogP contribution in [0.1, 0.15) is 56.6 Å². The summed E-state index contributed by atoms with van der Waals surface area (Å²) in [5, 5.41) is 4.16. The van der Waals surface area contributed by atoms with E-state index in [0.29, 0.717) is 39.7 Å². The van der Waals surface area contributed by atoms with Gasteiger partial charge in [-0.15, -0.1) is 0 Å². The molecule has 4 rings (SSSR count). The number of hydrogen-bond acceptors (Lipinski definition) is 4. The fraction of sp³-hybridized carbons (Fsp3) is 0.308. The minimum atomic E-state index is -0.559. The molecule has 2 aromatic rings. The molecule has 0 saturated carbocycles. The smallest absolute Gasteiger partial charge is 0.337 e. The fourth-order valence-corrected chi connectivity index (χ4v) is 4.88. The Kier molecular flexibility index (Phi) is 6.45. The van der Waals surface area contributed by atoms with E-state index in [4.69, 9.17) is 27.9 Å². The first-order valence-corrected chi connectivity index (χ1v) is 11.5. The number of carbonyl (C=O) groups excluding carboxylic acids is 2. The quantitative estimate of drug-likeness (QED) is 0.533. The van der Waals surface area contributed by atoms with Crippen LogP contribution >= 0.6 is 23.2 Å². The fourth-order valence-electron chi connectivity index (χ4n) is 4.57. The molecule has 0 radical (unpaired) electrons. The third kappa shape index (κ3) is 4.35. The van der Waals surface area contributed by atoms with Gasteiger partial charge in [0.2, 0.25) is 0 Å². The molecule has 0 spiro atoms. The Hall–Kier alpha value is -2.56. The second-order valence-corrected chi connectivity index (χ2v) is 9.37. The predicted molar refractivity (Wildman–Crippen MR) is 127 cm³/mol. The van der Waals surface area contributed by atoms with Crippen molar-refractivity contribution in [2.24, 2.45) is 0 Å². The first kappa shape index (κ1) is 22.6. The second kappa shape index (κ2) is 9.13. The van der Waals surface area contributed by atoms with E-state index in [9.17, 15) is 9.59 Å². The lowest BCUT2D eigenvalue weighted by molar-refractivity contribution is -0.143. The van der Waals surface area contributed by atoms with E-state index in [1.807, 2.05) is 31.2 Å². The van der Waals surface area contributed by atoms with Crippen LogP contribution in [0, 0.1) is 0 Å². The maximum absolute atomic E-state index is 13.5. The Morgan fingerprint density at radius 1 is 1.03 bits per heavy atom. The molecule has 2 atom stereocenters. The molecule has 4 nitrogen and oxygen atoms in total. The number of carbonyl (C=O) groups is 2. The molecule has 1 heterocycles. The molecule has 6 heteroatoms. The first-order valence-electron chi connectivity index (χ1n) is 10.7. The molecule has 166 valence electrons. The highest BCUT2D eigenvalue weighted by Crippen LogP contribution is 2.46. The summed E-state index contributed by atoms with van der Waals surface area (Å²) < 4.78 is 5.54. The molecule has 1 aliphatic heterocycles. The number of nitrogens with one attached hydrogen (secondary N) is 1. The largest absolute Gasteiger partial charge is 0.460 e. The normalized spacial score (nSPS) is 20.9. The highest BCUT2D eigenvalue weighted by atomic mass is 35.5. The number of rotatable bonds is 4. The average Bonchev–Trinajstić information content (AvgIpc) is 2.74. The first-order chi connectivity index (χ1) is 15.3. The van der Waals surface area contributed by atoms with Crippen molar-refractivity contribution in [3.8, 4) is 0 Å². The third-order valence-electron chi connectivity index (χ3n) is 5.94. The molecule has 2 aromatic carbocycles. The van der Waals surface area contributed by atoms with E-state index in [2.05, 4.69) is 17.4 Å². The highest BCUT2D eigenvalue weighted by molar-refractivity contribution is 6.42. The zero-order valence-electron chi connectivity index (χ0n) is 18.2. The molecule has 1 aliphatic carbocycles. The Bertz CT molecular complexity index is 1140. The van der Waals surface area contributed by atoms with Crippen molar-refractivity contribution in [2.45, 2.75) is 51.6 Å². The van der Waals surface area contributed by atoms with Crippen LogP contribution < -0.4 is 5.32 Å². The van der Waals surface area contributed by atoms with Crippen molar-refractivity contribution >= 4 is 35.0 Å². The molecule has 0 unspecified atom stereocenters. The van der Waals surface area contributed by atoms with Crippen molar-refractivity contribution in [1.29, 1.82) is 0 Å². The van der Waals surface area contributed by atoms with Gasteiger partial charge in [-0.3, -0.25) is 4.79 Å². The van der Waals surface area contributed by atoms with Gasteiger partial charge in [-0.05, 0) is 56.4 Å². The van der Waals surface area contributed by atoms with E-state index in [1.165, 1.54) is 0 Å². The summed E-state index contributed by atoms with van der Waals surface area (Å²) in [5.41, 5.74) is 4.46. The van der Waals surface area contributed by atoms with E-state index in [-0.39, 0.29) is 17.8 Å². The average molecular weight is 470 g/mol. The molecule has 0 bridgehead atoms. The topological polar surface area (TPSA) is 55.4 Å². The van der Waals surface area contributed by atoms with Gasteiger partial charge in [-0.25, -0.2) is 4.79 Å². The number of hydrogen-bond donors (Lipinski definition) is 1. The van der Waals surface area contributed by atoms with E-state index >= 15 is 0 Å². The number of ether oxygens (including phenoxy) is 1. The lowest BCUT2D eigenvalue weighted by Gasteiger charge is -2.37.